The molecule has 2 N–H and O–H groups in total. The number of nitrogens with two attached hydrogens (primary N) is 1. The number of ether oxygens (including phenoxy) is 1. The van der Waals surface area contributed by atoms with Crippen LogP contribution in [-0.2, 0) is 0 Å². The van der Waals surface area contributed by atoms with Gasteiger partial charge in [-0.25, -0.2) is 0 Å². The Morgan fingerprint density at radius 1 is 1.31 bits per heavy atom. The zero-order valence-corrected chi connectivity index (χ0v) is 9.57. The number of nitrogen functional groups attached to an aromatic ring is 1. The molecular formula is C12H14N2O2. The topological polar surface area (TPSA) is 61.3 Å². The van der Waals surface area contributed by atoms with Gasteiger partial charge in [0.1, 0.15) is 11.5 Å². The van der Waals surface area contributed by atoms with Crippen LogP contribution in [0, 0.1) is 13.8 Å². The minimum Gasteiger partial charge on any atom is -0.496 e. The minimum atomic E-state index is 0.390. The molecule has 16 heavy (non-hydrogen) atoms. The lowest BCUT2D eigenvalue weighted by molar-refractivity contribution is 0.400. The molecule has 0 radical (unpaired) electrons. The van der Waals surface area contributed by atoms with E-state index in [-0.39, 0.29) is 0 Å². The summed E-state index contributed by atoms with van der Waals surface area (Å²) < 4.78 is 10.4. The fraction of sp³-hybridized carbons (Fsp3) is 0.250. The van der Waals surface area contributed by atoms with Crippen molar-refractivity contribution in [1.29, 1.82) is 0 Å². The second-order valence-electron chi connectivity index (χ2n) is 3.70. The standard InChI is InChI=1S/C12H14N2O2/c1-7-4-5-10(15-3)9(6-7)11-8(2)16-14-12(11)13/h4-6H,1-3H3,(H2,13,14). The molecule has 0 unspecified atom stereocenters. The third-order valence-electron chi connectivity index (χ3n) is 2.51. The lowest BCUT2D eigenvalue weighted by Gasteiger charge is -2.08. The third-order valence-corrected chi connectivity index (χ3v) is 2.51. The molecule has 0 aliphatic rings. The number of hydrogen-bond donors (Lipinski definition) is 1. The predicted molar refractivity (Wildman–Crippen MR) is 62.4 cm³/mol. The summed E-state index contributed by atoms with van der Waals surface area (Å²) in [6, 6.07) is 5.91. The van der Waals surface area contributed by atoms with Crippen LogP contribution in [0.3, 0.4) is 0 Å². The van der Waals surface area contributed by atoms with E-state index in [9.17, 15) is 0 Å². The first-order valence-electron chi connectivity index (χ1n) is 5.00. The number of methoxy groups -OCH3 is 1. The highest BCUT2D eigenvalue weighted by Crippen LogP contribution is 2.36. The molecule has 0 amide bonds. The van der Waals surface area contributed by atoms with Crippen LogP contribution in [0.1, 0.15) is 11.3 Å². The molecule has 0 saturated carbocycles. The number of anilines is 1. The fourth-order valence-corrected chi connectivity index (χ4v) is 1.73. The van der Waals surface area contributed by atoms with E-state index in [4.69, 9.17) is 15.0 Å². The van der Waals surface area contributed by atoms with Gasteiger partial charge in [0.25, 0.3) is 0 Å². The Morgan fingerprint density at radius 3 is 2.62 bits per heavy atom. The predicted octanol–water partition coefficient (Wildman–Crippen LogP) is 2.55. The largest absolute Gasteiger partial charge is 0.496 e. The van der Waals surface area contributed by atoms with Crippen molar-refractivity contribution in [1.82, 2.24) is 5.16 Å². The zero-order chi connectivity index (χ0) is 11.7. The molecule has 4 heteroatoms. The summed E-state index contributed by atoms with van der Waals surface area (Å²) in [4.78, 5) is 0. The molecule has 0 spiro atoms. The van der Waals surface area contributed by atoms with Crippen LogP contribution in [0.4, 0.5) is 5.82 Å². The quantitative estimate of drug-likeness (QED) is 0.841. The van der Waals surface area contributed by atoms with Crippen molar-refractivity contribution in [3.63, 3.8) is 0 Å². The molecule has 2 aromatic rings. The smallest absolute Gasteiger partial charge is 0.175 e. The molecule has 1 aromatic heterocycles. The number of aromatic nitrogens is 1. The molecule has 0 atom stereocenters. The van der Waals surface area contributed by atoms with Gasteiger partial charge in [0, 0.05) is 5.56 Å². The molecule has 1 aromatic carbocycles. The average Bonchev–Trinajstić information content (AvgIpc) is 2.58. The highest BCUT2D eigenvalue weighted by molar-refractivity contribution is 5.80. The first kappa shape index (κ1) is 10.5. The molecule has 4 nitrogen and oxygen atoms in total. The van der Waals surface area contributed by atoms with Crippen LogP contribution < -0.4 is 10.5 Å². The summed E-state index contributed by atoms with van der Waals surface area (Å²) in [7, 11) is 1.63. The number of rotatable bonds is 2. The molecule has 0 aliphatic carbocycles. The summed E-state index contributed by atoms with van der Waals surface area (Å²) in [6.07, 6.45) is 0. The summed E-state index contributed by atoms with van der Waals surface area (Å²) in [5, 5.41) is 3.74. The van der Waals surface area contributed by atoms with Gasteiger partial charge >= 0.3 is 0 Å². The van der Waals surface area contributed by atoms with Crippen LogP contribution in [-0.4, -0.2) is 12.3 Å². The van der Waals surface area contributed by atoms with Gasteiger partial charge in [-0.3, -0.25) is 0 Å². The van der Waals surface area contributed by atoms with Crippen LogP contribution in [0.15, 0.2) is 22.7 Å². The highest BCUT2D eigenvalue weighted by Gasteiger charge is 2.16. The van der Waals surface area contributed by atoms with Crippen molar-refractivity contribution in [2.75, 3.05) is 12.8 Å². The molecule has 2 rings (SSSR count). The number of aryl methyl sites for hydroxylation is 2. The molecular weight excluding hydrogens is 204 g/mol. The van der Waals surface area contributed by atoms with E-state index in [1.54, 1.807) is 7.11 Å². The zero-order valence-electron chi connectivity index (χ0n) is 9.57. The Bertz CT molecular complexity index is 498. The van der Waals surface area contributed by atoms with E-state index in [2.05, 4.69) is 5.16 Å². The first-order chi connectivity index (χ1) is 7.63. The second-order valence-corrected chi connectivity index (χ2v) is 3.70. The number of benzene rings is 1. The van der Waals surface area contributed by atoms with E-state index >= 15 is 0 Å². The van der Waals surface area contributed by atoms with Gasteiger partial charge < -0.3 is 15.0 Å². The van der Waals surface area contributed by atoms with Gasteiger partial charge in [-0.1, -0.05) is 16.8 Å². The Balaban J connectivity index is 2.67. The van der Waals surface area contributed by atoms with E-state index < -0.39 is 0 Å². The number of hydrogen-bond acceptors (Lipinski definition) is 4. The van der Waals surface area contributed by atoms with E-state index in [0.717, 1.165) is 22.4 Å². The summed E-state index contributed by atoms with van der Waals surface area (Å²) in [5.41, 5.74) is 8.64. The fourth-order valence-electron chi connectivity index (χ4n) is 1.73. The van der Waals surface area contributed by atoms with Crippen molar-refractivity contribution >= 4 is 5.82 Å². The van der Waals surface area contributed by atoms with Crippen LogP contribution in [0.25, 0.3) is 11.1 Å². The van der Waals surface area contributed by atoms with Gasteiger partial charge in [-0.15, -0.1) is 0 Å². The van der Waals surface area contributed by atoms with E-state index in [1.165, 1.54) is 0 Å². The lowest BCUT2D eigenvalue weighted by atomic mass is 10.0. The Kier molecular flexibility index (Phi) is 2.56. The lowest BCUT2D eigenvalue weighted by Crippen LogP contribution is -1.93. The maximum Gasteiger partial charge on any atom is 0.175 e. The molecule has 0 fully saturated rings. The number of nitrogens with zero attached hydrogens (tertiary/aromatic N) is 1. The van der Waals surface area contributed by atoms with Crippen molar-refractivity contribution in [3.05, 3.63) is 29.5 Å². The Morgan fingerprint density at radius 2 is 2.06 bits per heavy atom. The molecule has 0 aliphatic heterocycles. The minimum absolute atomic E-state index is 0.390. The molecule has 84 valence electrons. The second kappa shape index (κ2) is 3.89. The summed E-state index contributed by atoms with van der Waals surface area (Å²) in [5.74, 6) is 1.85. The van der Waals surface area contributed by atoms with Crippen molar-refractivity contribution < 1.29 is 9.26 Å². The van der Waals surface area contributed by atoms with Crippen LogP contribution in [0.2, 0.25) is 0 Å². The average molecular weight is 218 g/mol. The van der Waals surface area contributed by atoms with Gasteiger partial charge in [0.05, 0.1) is 12.7 Å². The van der Waals surface area contributed by atoms with Crippen molar-refractivity contribution in [3.8, 4) is 16.9 Å². The third kappa shape index (κ3) is 1.62. The van der Waals surface area contributed by atoms with Gasteiger partial charge in [0.15, 0.2) is 5.82 Å². The van der Waals surface area contributed by atoms with Crippen molar-refractivity contribution in [2.45, 2.75) is 13.8 Å². The first-order valence-corrected chi connectivity index (χ1v) is 5.00. The van der Waals surface area contributed by atoms with Gasteiger partial charge in [-0.05, 0) is 26.0 Å². The normalized spacial score (nSPS) is 10.4. The Labute approximate surface area is 94.0 Å². The molecule has 1 heterocycles. The molecule has 0 saturated heterocycles. The summed E-state index contributed by atoms with van der Waals surface area (Å²) >= 11 is 0. The van der Waals surface area contributed by atoms with Crippen LogP contribution >= 0.6 is 0 Å². The maximum atomic E-state index is 5.79. The highest BCUT2D eigenvalue weighted by atomic mass is 16.5. The monoisotopic (exact) mass is 218 g/mol. The van der Waals surface area contributed by atoms with Gasteiger partial charge in [-0.2, -0.15) is 0 Å². The van der Waals surface area contributed by atoms with Crippen molar-refractivity contribution in [2.24, 2.45) is 0 Å². The van der Waals surface area contributed by atoms with E-state index in [1.807, 2.05) is 32.0 Å². The van der Waals surface area contributed by atoms with Gasteiger partial charge in [0.2, 0.25) is 0 Å². The maximum absolute atomic E-state index is 5.79. The van der Waals surface area contributed by atoms with Crippen LogP contribution in [0.5, 0.6) is 5.75 Å². The summed E-state index contributed by atoms with van der Waals surface area (Å²) in [6.45, 7) is 3.85. The van der Waals surface area contributed by atoms with E-state index in [0.29, 0.717) is 11.6 Å². The molecule has 0 bridgehead atoms. The Hall–Kier alpha value is -1.97. The SMILES string of the molecule is COc1ccc(C)cc1-c1c(N)noc1C.